The van der Waals surface area contributed by atoms with Crippen molar-refractivity contribution >= 4 is 5.57 Å². The summed E-state index contributed by atoms with van der Waals surface area (Å²) in [5, 5.41) is 0. The molecule has 1 heteroatoms. The van der Waals surface area contributed by atoms with E-state index in [1.807, 2.05) is 30.8 Å². The lowest BCUT2D eigenvalue weighted by Gasteiger charge is -2.11. The lowest BCUT2D eigenvalue weighted by atomic mass is 9.91. The van der Waals surface area contributed by atoms with Crippen LogP contribution < -0.4 is 0 Å². The van der Waals surface area contributed by atoms with Gasteiger partial charge in [0.15, 0.2) is 0 Å². The Morgan fingerprint density at radius 2 is 1.31 bits per heavy atom. The Hall–Kier alpha value is -3.32. The second-order valence-corrected chi connectivity index (χ2v) is 6.36. The van der Waals surface area contributed by atoms with Gasteiger partial charge < -0.3 is 4.42 Å². The summed E-state index contributed by atoms with van der Waals surface area (Å²) in [5.74, 6) is 0. The SMILES string of the molecule is Cc1ccc(-c2ccccc2-c2cocc2C2=C/C=C\C=C/C=C\2)cc1. The molecule has 1 heterocycles. The molecule has 26 heavy (non-hydrogen) atoms. The van der Waals surface area contributed by atoms with Crippen LogP contribution in [0.3, 0.4) is 0 Å². The summed E-state index contributed by atoms with van der Waals surface area (Å²) in [6.45, 7) is 2.11. The van der Waals surface area contributed by atoms with Crippen LogP contribution in [0.2, 0.25) is 0 Å². The van der Waals surface area contributed by atoms with Gasteiger partial charge in [0, 0.05) is 11.1 Å². The molecule has 2 aromatic carbocycles. The zero-order valence-corrected chi connectivity index (χ0v) is 14.7. The van der Waals surface area contributed by atoms with Crippen molar-refractivity contribution in [2.45, 2.75) is 6.92 Å². The zero-order valence-electron chi connectivity index (χ0n) is 14.7. The predicted octanol–water partition coefficient (Wildman–Crippen LogP) is 6.99. The fourth-order valence-electron chi connectivity index (χ4n) is 3.18. The minimum Gasteiger partial charge on any atom is -0.471 e. The highest BCUT2D eigenvalue weighted by atomic mass is 16.3. The van der Waals surface area contributed by atoms with Gasteiger partial charge >= 0.3 is 0 Å². The molecule has 0 amide bonds. The van der Waals surface area contributed by atoms with E-state index in [0.717, 1.165) is 16.7 Å². The molecule has 3 aromatic rings. The second kappa shape index (κ2) is 7.28. The Morgan fingerprint density at radius 3 is 2.15 bits per heavy atom. The van der Waals surface area contributed by atoms with Crippen molar-refractivity contribution in [1.29, 1.82) is 0 Å². The fourth-order valence-corrected chi connectivity index (χ4v) is 3.18. The molecule has 0 radical (unpaired) electrons. The zero-order chi connectivity index (χ0) is 17.8. The van der Waals surface area contributed by atoms with E-state index in [9.17, 15) is 0 Å². The van der Waals surface area contributed by atoms with Crippen LogP contribution in [0, 0.1) is 6.92 Å². The van der Waals surface area contributed by atoms with Crippen LogP contribution in [0.25, 0.3) is 27.8 Å². The number of aryl methyl sites for hydroxylation is 1. The molecule has 0 bridgehead atoms. The number of furan rings is 1. The molecule has 1 nitrogen and oxygen atoms in total. The number of hydrogen-bond acceptors (Lipinski definition) is 1. The Labute approximate surface area is 154 Å². The van der Waals surface area contributed by atoms with Crippen molar-refractivity contribution in [1.82, 2.24) is 0 Å². The van der Waals surface area contributed by atoms with E-state index < -0.39 is 0 Å². The quantitative estimate of drug-likeness (QED) is 0.502. The number of rotatable bonds is 3. The van der Waals surface area contributed by atoms with Crippen molar-refractivity contribution in [3.05, 3.63) is 115 Å². The summed E-state index contributed by atoms with van der Waals surface area (Å²) in [4.78, 5) is 0. The molecule has 126 valence electrons. The van der Waals surface area contributed by atoms with Crippen LogP contribution in [0.15, 0.2) is 108 Å². The molecule has 0 atom stereocenters. The molecule has 0 spiro atoms. The minimum atomic E-state index is 1.10. The first kappa shape index (κ1) is 16.2. The van der Waals surface area contributed by atoms with Gasteiger partial charge in [-0.05, 0) is 29.2 Å². The fraction of sp³-hybridized carbons (Fsp3) is 0.0400. The van der Waals surface area contributed by atoms with E-state index in [4.69, 9.17) is 4.42 Å². The summed E-state index contributed by atoms with van der Waals surface area (Å²) in [7, 11) is 0. The average Bonchev–Trinajstić information content (AvgIpc) is 3.12. The molecule has 1 aliphatic carbocycles. The van der Waals surface area contributed by atoms with Crippen LogP contribution >= 0.6 is 0 Å². The largest absolute Gasteiger partial charge is 0.471 e. The third-order valence-corrected chi connectivity index (χ3v) is 4.55. The highest BCUT2D eigenvalue weighted by Crippen LogP contribution is 2.37. The van der Waals surface area contributed by atoms with Gasteiger partial charge in [0.1, 0.15) is 0 Å². The highest BCUT2D eigenvalue weighted by molar-refractivity contribution is 5.91. The van der Waals surface area contributed by atoms with Crippen molar-refractivity contribution < 1.29 is 4.42 Å². The first-order valence-corrected chi connectivity index (χ1v) is 8.77. The Kier molecular flexibility index (Phi) is 4.53. The highest BCUT2D eigenvalue weighted by Gasteiger charge is 2.14. The van der Waals surface area contributed by atoms with Gasteiger partial charge in [-0.25, -0.2) is 0 Å². The van der Waals surface area contributed by atoms with Gasteiger partial charge in [0.25, 0.3) is 0 Å². The maximum absolute atomic E-state index is 5.62. The molecule has 0 fully saturated rings. The van der Waals surface area contributed by atoms with Crippen LogP contribution in [-0.4, -0.2) is 0 Å². The normalized spacial score (nSPS) is 19.0. The first-order valence-electron chi connectivity index (χ1n) is 8.77. The third-order valence-electron chi connectivity index (χ3n) is 4.55. The Bertz CT molecular complexity index is 1020. The molecular weight excluding hydrogens is 316 g/mol. The van der Waals surface area contributed by atoms with Crippen LogP contribution in [-0.2, 0) is 0 Å². The van der Waals surface area contributed by atoms with E-state index in [1.165, 1.54) is 22.3 Å². The van der Waals surface area contributed by atoms with E-state index in [1.54, 1.807) is 0 Å². The summed E-state index contributed by atoms with van der Waals surface area (Å²) in [6.07, 6.45) is 18.1. The lowest BCUT2D eigenvalue weighted by Crippen LogP contribution is -1.88. The summed E-state index contributed by atoms with van der Waals surface area (Å²) < 4.78 is 5.62. The van der Waals surface area contributed by atoms with Crippen LogP contribution in [0.4, 0.5) is 0 Å². The Morgan fingerprint density at radius 1 is 0.615 bits per heavy atom. The molecule has 0 saturated heterocycles. The van der Waals surface area contributed by atoms with Crippen molar-refractivity contribution in [3.63, 3.8) is 0 Å². The smallest absolute Gasteiger partial charge is 0.0987 e. The van der Waals surface area contributed by atoms with Gasteiger partial charge in [-0.3, -0.25) is 0 Å². The monoisotopic (exact) mass is 336 g/mol. The van der Waals surface area contributed by atoms with Crippen LogP contribution in [0.1, 0.15) is 11.1 Å². The summed E-state index contributed by atoms with van der Waals surface area (Å²) >= 11 is 0. The topological polar surface area (TPSA) is 13.1 Å². The molecule has 1 aliphatic rings. The molecule has 1 aromatic heterocycles. The molecule has 0 saturated carbocycles. The van der Waals surface area contributed by atoms with Gasteiger partial charge in [-0.2, -0.15) is 0 Å². The van der Waals surface area contributed by atoms with Gasteiger partial charge in [-0.1, -0.05) is 96.6 Å². The summed E-state index contributed by atoms with van der Waals surface area (Å²) in [6, 6.07) is 17.1. The van der Waals surface area contributed by atoms with Gasteiger partial charge in [0.05, 0.1) is 12.5 Å². The maximum atomic E-state index is 5.62. The first-order chi connectivity index (χ1) is 12.8. The van der Waals surface area contributed by atoms with E-state index >= 15 is 0 Å². The number of benzene rings is 2. The number of hydrogen-bond donors (Lipinski definition) is 0. The van der Waals surface area contributed by atoms with Gasteiger partial charge in [0.2, 0.25) is 0 Å². The number of allylic oxidation sites excluding steroid dienone is 8. The second-order valence-electron chi connectivity index (χ2n) is 6.36. The van der Waals surface area contributed by atoms with Gasteiger partial charge in [-0.15, -0.1) is 0 Å². The molecular formula is C25H20O. The predicted molar refractivity (Wildman–Crippen MR) is 110 cm³/mol. The molecule has 0 unspecified atom stereocenters. The van der Waals surface area contributed by atoms with E-state index in [-0.39, 0.29) is 0 Å². The summed E-state index contributed by atoms with van der Waals surface area (Å²) in [5.41, 5.74) is 8.20. The Balaban J connectivity index is 1.83. The van der Waals surface area contributed by atoms with E-state index in [2.05, 4.69) is 79.8 Å². The van der Waals surface area contributed by atoms with Crippen LogP contribution in [0.5, 0.6) is 0 Å². The maximum Gasteiger partial charge on any atom is 0.0987 e. The van der Waals surface area contributed by atoms with Crippen molar-refractivity contribution in [2.75, 3.05) is 0 Å². The third kappa shape index (κ3) is 3.25. The lowest BCUT2D eigenvalue weighted by molar-refractivity contribution is 0.567. The molecule has 0 N–H and O–H groups in total. The minimum absolute atomic E-state index is 1.10. The molecule has 4 rings (SSSR count). The van der Waals surface area contributed by atoms with Crippen molar-refractivity contribution in [2.24, 2.45) is 0 Å². The standard InChI is InChI=1S/C25H20O/c1-19-13-15-21(16-14-19)22-11-7-8-12-23(22)25-18-26-17-24(25)20-9-5-3-2-4-6-10-20/h2-18H,1H3/b3-2-,4-2?,5-3?,6-4-,9-5-,10-6?,20-9?,20-10+. The van der Waals surface area contributed by atoms with E-state index in [0.29, 0.717) is 0 Å². The van der Waals surface area contributed by atoms with Crippen molar-refractivity contribution in [3.8, 4) is 22.3 Å². The average molecular weight is 336 g/mol. The molecule has 0 aliphatic heterocycles.